The SMILES string of the molecule is CC(Cc1ccc(O)cc1)N1CCN(C)c2ccccc21. The zero-order valence-corrected chi connectivity index (χ0v) is 12.7. The Hall–Kier alpha value is -2.16. The zero-order chi connectivity index (χ0) is 14.8. The average Bonchev–Trinajstić information content (AvgIpc) is 2.50. The lowest BCUT2D eigenvalue weighted by Crippen LogP contribution is -2.44. The average molecular weight is 282 g/mol. The Morgan fingerprint density at radius 3 is 2.38 bits per heavy atom. The number of nitrogens with zero attached hydrogens (tertiary/aromatic N) is 2. The summed E-state index contributed by atoms with van der Waals surface area (Å²) in [5.41, 5.74) is 3.88. The number of hydrogen-bond acceptors (Lipinski definition) is 3. The lowest BCUT2D eigenvalue weighted by Gasteiger charge is -2.40. The summed E-state index contributed by atoms with van der Waals surface area (Å²) >= 11 is 0. The molecule has 1 aliphatic heterocycles. The largest absolute Gasteiger partial charge is 0.508 e. The van der Waals surface area contributed by atoms with Crippen LogP contribution in [0.1, 0.15) is 12.5 Å². The van der Waals surface area contributed by atoms with Gasteiger partial charge in [0.2, 0.25) is 0 Å². The van der Waals surface area contributed by atoms with E-state index in [-0.39, 0.29) is 0 Å². The van der Waals surface area contributed by atoms with Crippen molar-refractivity contribution < 1.29 is 5.11 Å². The Balaban J connectivity index is 1.80. The fraction of sp³-hybridized carbons (Fsp3) is 0.333. The minimum absolute atomic E-state index is 0.330. The molecule has 0 saturated heterocycles. The van der Waals surface area contributed by atoms with Crippen LogP contribution >= 0.6 is 0 Å². The molecule has 2 aromatic rings. The van der Waals surface area contributed by atoms with Crippen molar-refractivity contribution in [3.8, 4) is 5.75 Å². The molecule has 3 rings (SSSR count). The maximum absolute atomic E-state index is 9.38. The van der Waals surface area contributed by atoms with Crippen LogP contribution in [0.4, 0.5) is 11.4 Å². The molecule has 0 saturated carbocycles. The number of fused-ring (bicyclic) bond motifs is 1. The molecule has 0 bridgehead atoms. The molecular formula is C18H22N2O. The second kappa shape index (κ2) is 5.68. The normalized spacial score (nSPS) is 15.7. The van der Waals surface area contributed by atoms with Crippen LogP contribution in [0.25, 0.3) is 0 Å². The number of aromatic hydroxyl groups is 1. The summed E-state index contributed by atoms with van der Waals surface area (Å²) in [5.74, 6) is 0.330. The van der Waals surface area contributed by atoms with Crippen molar-refractivity contribution in [2.45, 2.75) is 19.4 Å². The van der Waals surface area contributed by atoms with E-state index in [1.807, 2.05) is 12.1 Å². The van der Waals surface area contributed by atoms with Crippen LogP contribution < -0.4 is 9.80 Å². The maximum Gasteiger partial charge on any atom is 0.115 e. The molecule has 21 heavy (non-hydrogen) atoms. The lowest BCUT2D eigenvalue weighted by molar-refractivity contribution is 0.475. The third kappa shape index (κ3) is 2.82. The molecule has 0 aromatic heterocycles. The van der Waals surface area contributed by atoms with Crippen LogP contribution in [-0.4, -0.2) is 31.3 Å². The van der Waals surface area contributed by atoms with Gasteiger partial charge in [-0.15, -0.1) is 0 Å². The molecular weight excluding hydrogens is 260 g/mol. The Bertz CT molecular complexity index is 609. The second-order valence-corrected chi connectivity index (χ2v) is 5.82. The third-order valence-corrected chi connectivity index (χ3v) is 4.28. The van der Waals surface area contributed by atoms with Crippen molar-refractivity contribution in [1.82, 2.24) is 0 Å². The van der Waals surface area contributed by atoms with Gasteiger partial charge in [-0.25, -0.2) is 0 Å². The van der Waals surface area contributed by atoms with Gasteiger partial charge in [0.1, 0.15) is 5.75 Å². The number of rotatable bonds is 3. The fourth-order valence-corrected chi connectivity index (χ4v) is 3.07. The molecule has 1 atom stereocenters. The van der Waals surface area contributed by atoms with Crippen LogP contribution in [0.2, 0.25) is 0 Å². The smallest absolute Gasteiger partial charge is 0.115 e. The number of para-hydroxylation sites is 2. The van der Waals surface area contributed by atoms with E-state index in [1.54, 1.807) is 12.1 Å². The highest BCUT2D eigenvalue weighted by atomic mass is 16.3. The molecule has 2 aromatic carbocycles. The first-order chi connectivity index (χ1) is 10.1. The highest BCUT2D eigenvalue weighted by Crippen LogP contribution is 2.33. The minimum Gasteiger partial charge on any atom is -0.508 e. The van der Waals surface area contributed by atoms with Gasteiger partial charge in [0, 0.05) is 26.2 Å². The van der Waals surface area contributed by atoms with Crippen molar-refractivity contribution in [3.05, 3.63) is 54.1 Å². The van der Waals surface area contributed by atoms with E-state index in [0.29, 0.717) is 11.8 Å². The van der Waals surface area contributed by atoms with Crippen LogP contribution in [0.15, 0.2) is 48.5 Å². The van der Waals surface area contributed by atoms with E-state index in [4.69, 9.17) is 0 Å². The van der Waals surface area contributed by atoms with Crippen molar-refractivity contribution in [2.75, 3.05) is 29.9 Å². The highest BCUT2D eigenvalue weighted by Gasteiger charge is 2.23. The maximum atomic E-state index is 9.38. The summed E-state index contributed by atoms with van der Waals surface area (Å²) in [6.45, 7) is 4.37. The molecule has 0 spiro atoms. The van der Waals surface area contributed by atoms with Crippen molar-refractivity contribution in [1.29, 1.82) is 0 Å². The molecule has 1 aliphatic rings. The predicted octanol–water partition coefficient (Wildman–Crippen LogP) is 3.28. The van der Waals surface area contributed by atoms with Crippen molar-refractivity contribution in [2.24, 2.45) is 0 Å². The lowest BCUT2D eigenvalue weighted by atomic mass is 10.0. The van der Waals surface area contributed by atoms with Crippen LogP contribution in [-0.2, 0) is 6.42 Å². The Morgan fingerprint density at radius 2 is 1.67 bits per heavy atom. The van der Waals surface area contributed by atoms with Gasteiger partial charge in [-0.2, -0.15) is 0 Å². The van der Waals surface area contributed by atoms with E-state index in [9.17, 15) is 5.11 Å². The molecule has 110 valence electrons. The highest BCUT2D eigenvalue weighted by molar-refractivity contribution is 5.73. The van der Waals surface area contributed by atoms with Crippen LogP contribution in [0, 0.1) is 0 Å². The number of anilines is 2. The van der Waals surface area contributed by atoms with Crippen LogP contribution in [0.3, 0.4) is 0 Å². The van der Waals surface area contributed by atoms with Crippen molar-refractivity contribution in [3.63, 3.8) is 0 Å². The summed E-state index contributed by atoms with van der Waals surface area (Å²) in [7, 11) is 2.15. The fourth-order valence-electron chi connectivity index (χ4n) is 3.07. The zero-order valence-electron chi connectivity index (χ0n) is 12.7. The Labute approximate surface area is 126 Å². The summed E-state index contributed by atoms with van der Waals surface area (Å²) in [6, 6.07) is 16.6. The van der Waals surface area contributed by atoms with E-state index in [2.05, 4.69) is 48.0 Å². The minimum atomic E-state index is 0.330. The predicted molar refractivity (Wildman–Crippen MR) is 88.3 cm³/mol. The first-order valence-electron chi connectivity index (χ1n) is 7.50. The molecule has 0 amide bonds. The van der Waals surface area contributed by atoms with Gasteiger partial charge in [-0.3, -0.25) is 0 Å². The summed E-state index contributed by atoms with van der Waals surface area (Å²) in [5, 5.41) is 9.38. The first-order valence-corrected chi connectivity index (χ1v) is 7.50. The van der Waals surface area contributed by atoms with Gasteiger partial charge >= 0.3 is 0 Å². The second-order valence-electron chi connectivity index (χ2n) is 5.82. The monoisotopic (exact) mass is 282 g/mol. The molecule has 3 nitrogen and oxygen atoms in total. The van der Waals surface area contributed by atoms with Gasteiger partial charge in [0.15, 0.2) is 0 Å². The van der Waals surface area contributed by atoms with E-state index in [0.717, 1.165) is 19.5 Å². The quantitative estimate of drug-likeness (QED) is 0.936. The van der Waals surface area contributed by atoms with Gasteiger partial charge < -0.3 is 14.9 Å². The van der Waals surface area contributed by atoms with Gasteiger partial charge in [0.05, 0.1) is 11.4 Å². The Kier molecular flexibility index (Phi) is 3.74. The van der Waals surface area contributed by atoms with Gasteiger partial charge in [0.25, 0.3) is 0 Å². The molecule has 0 aliphatic carbocycles. The molecule has 1 heterocycles. The van der Waals surface area contributed by atoms with Gasteiger partial charge in [-0.05, 0) is 43.2 Å². The number of phenolic OH excluding ortho intramolecular Hbond substituents is 1. The molecule has 1 N–H and O–H groups in total. The number of hydrogen-bond donors (Lipinski definition) is 1. The summed E-state index contributed by atoms with van der Waals surface area (Å²) in [4.78, 5) is 4.81. The molecule has 0 radical (unpaired) electrons. The molecule has 0 fully saturated rings. The van der Waals surface area contributed by atoms with Crippen LogP contribution in [0.5, 0.6) is 5.75 Å². The number of likely N-dealkylation sites (N-methyl/N-ethyl adjacent to an activating group) is 1. The van der Waals surface area contributed by atoms with Crippen molar-refractivity contribution >= 4 is 11.4 Å². The molecule has 3 heteroatoms. The molecule has 1 unspecified atom stereocenters. The topological polar surface area (TPSA) is 26.7 Å². The third-order valence-electron chi connectivity index (χ3n) is 4.28. The van der Waals surface area contributed by atoms with E-state index < -0.39 is 0 Å². The summed E-state index contributed by atoms with van der Waals surface area (Å²) in [6.07, 6.45) is 0.984. The Morgan fingerprint density at radius 1 is 1.00 bits per heavy atom. The number of benzene rings is 2. The summed E-state index contributed by atoms with van der Waals surface area (Å²) < 4.78 is 0. The number of phenols is 1. The first kappa shape index (κ1) is 13.8. The van der Waals surface area contributed by atoms with Gasteiger partial charge in [-0.1, -0.05) is 24.3 Å². The standard InChI is InChI=1S/C18H22N2O/c1-14(13-15-7-9-16(21)10-8-15)20-12-11-19(2)17-5-3-4-6-18(17)20/h3-10,14,21H,11-13H2,1-2H3. The van der Waals surface area contributed by atoms with E-state index >= 15 is 0 Å². The van der Waals surface area contributed by atoms with E-state index in [1.165, 1.54) is 16.9 Å².